The molecule has 2 N–H and O–H groups in total. The summed E-state index contributed by atoms with van der Waals surface area (Å²) in [7, 11) is 0. The largest absolute Gasteiger partial charge is 0.369 e. The molecule has 4 nitrogen and oxygen atoms in total. The third kappa shape index (κ3) is 3.41. The number of carbonyl (C=O) groups excluding carboxylic acids is 2. The Balaban J connectivity index is 2.03. The van der Waals surface area contributed by atoms with Crippen LogP contribution in [-0.4, -0.2) is 28.8 Å². The lowest BCUT2D eigenvalue weighted by molar-refractivity contribution is -0.144. The summed E-state index contributed by atoms with van der Waals surface area (Å²) in [5, 5.41) is 0. The summed E-state index contributed by atoms with van der Waals surface area (Å²) in [5.41, 5.74) is 5.32. The van der Waals surface area contributed by atoms with Gasteiger partial charge in [-0.05, 0) is 58.3 Å². The molecule has 1 saturated heterocycles. The van der Waals surface area contributed by atoms with E-state index < -0.39 is 0 Å². The Hall–Kier alpha value is -1.06. The second kappa shape index (κ2) is 6.37. The van der Waals surface area contributed by atoms with Crippen molar-refractivity contribution < 1.29 is 9.59 Å². The summed E-state index contributed by atoms with van der Waals surface area (Å²) in [6.07, 6.45) is 6.69. The topological polar surface area (TPSA) is 63.4 Å². The molecule has 2 fully saturated rings. The number of primary amides is 1. The van der Waals surface area contributed by atoms with Gasteiger partial charge in [-0.25, -0.2) is 0 Å². The van der Waals surface area contributed by atoms with Gasteiger partial charge < -0.3 is 10.6 Å². The van der Waals surface area contributed by atoms with Gasteiger partial charge in [0.2, 0.25) is 11.8 Å². The first kappa shape index (κ1) is 16.3. The number of likely N-dealkylation sites (tertiary alicyclic amines) is 1. The smallest absolute Gasteiger partial charge is 0.226 e. The highest BCUT2D eigenvalue weighted by molar-refractivity contribution is 5.81. The van der Waals surface area contributed by atoms with Crippen molar-refractivity contribution in [2.45, 2.75) is 71.3 Å². The second-order valence-corrected chi connectivity index (χ2v) is 7.49. The summed E-state index contributed by atoms with van der Waals surface area (Å²) < 4.78 is 0. The Morgan fingerprint density at radius 3 is 2.14 bits per heavy atom. The van der Waals surface area contributed by atoms with E-state index in [4.69, 9.17) is 5.73 Å². The summed E-state index contributed by atoms with van der Waals surface area (Å²) in [6, 6.07) is 0. The predicted octanol–water partition coefficient (Wildman–Crippen LogP) is 2.71. The van der Waals surface area contributed by atoms with Crippen molar-refractivity contribution in [1.82, 2.24) is 4.90 Å². The average molecular weight is 294 g/mol. The van der Waals surface area contributed by atoms with Gasteiger partial charge in [0.05, 0.1) is 0 Å². The molecule has 0 aromatic rings. The molecule has 0 aromatic carbocycles. The van der Waals surface area contributed by atoms with Crippen LogP contribution < -0.4 is 5.73 Å². The molecule has 0 radical (unpaired) electrons. The molecule has 0 spiro atoms. The van der Waals surface area contributed by atoms with Gasteiger partial charge >= 0.3 is 0 Å². The fraction of sp³-hybridized carbons (Fsp3) is 0.882. The quantitative estimate of drug-likeness (QED) is 0.851. The molecule has 1 aliphatic carbocycles. The van der Waals surface area contributed by atoms with Crippen molar-refractivity contribution in [2.75, 3.05) is 6.54 Å². The second-order valence-electron chi connectivity index (χ2n) is 7.49. The summed E-state index contributed by atoms with van der Waals surface area (Å²) in [4.78, 5) is 26.3. The summed E-state index contributed by atoms with van der Waals surface area (Å²) >= 11 is 0. The number of nitrogens with zero attached hydrogens (tertiary/aromatic N) is 1. The normalized spacial score (nSPS) is 33.3. The molecular formula is C17H30N2O2. The zero-order valence-electron chi connectivity index (χ0n) is 13.7. The number of hydrogen-bond donors (Lipinski definition) is 1. The van der Waals surface area contributed by atoms with E-state index in [9.17, 15) is 9.59 Å². The van der Waals surface area contributed by atoms with Crippen molar-refractivity contribution in [3.05, 3.63) is 0 Å². The van der Waals surface area contributed by atoms with Crippen LogP contribution in [0.1, 0.15) is 65.7 Å². The Labute approximate surface area is 128 Å². The van der Waals surface area contributed by atoms with E-state index in [2.05, 4.69) is 25.7 Å². The van der Waals surface area contributed by atoms with Gasteiger partial charge in [-0.1, -0.05) is 13.3 Å². The SMILES string of the molecule is CC1CCCCN(C(=O)C2CCC(C(N)=O)CC2)C1(C)C. The maximum atomic E-state index is 13.0. The number of nitrogens with two attached hydrogens (primary N) is 1. The van der Waals surface area contributed by atoms with Gasteiger partial charge in [-0.15, -0.1) is 0 Å². The fourth-order valence-corrected chi connectivity index (χ4v) is 3.87. The Morgan fingerprint density at radius 2 is 1.57 bits per heavy atom. The minimum absolute atomic E-state index is 0.0230. The molecular weight excluding hydrogens is 264 g/mol. The maximum Gasteiger partial charge on any atom is 0.226 e. The zero-order chi connectivity index (χ0) is 15.6. The highest BCUT2D eigenvalue weighted by atomic mass is 16.2. The van der Waals surface area contributed by atoms with Crippen molar-refractivity contribution in [3.8, 4) is 0 Å². The first-order chi connectivity index (χ1) is 9.84. The third-order valence-corrected chi connectivity index (χ3v) is 5.92. The molecule has 1 heterocycles. The third-order valence-electron chi connectivity index (χ3n) is 5.92. The van der Waals surface area contributed by atoms with Crippen LogP contribution in [0.4, 0.5) is 0 Å². The van der Waals surface area contributed by atoms with Gasteiger partial charge in [0, 0.05) is 23.9 Å². The highest BCUT2D eigenvalue weighted by Gasteiger charge is 2.40. The van der Waals surface area contributed by atoms with Gasteiger partial charge in [-0.3, -0.25) is 9.59 Å². The predicted molar refractivity (Wildman–Crippen MR) is 83.4 cm³/mol. The molecule has 1 atom stereocenters. The number of carbonyl (C=O) groups is 2. The van der Waals surface area contributed by atoms with Gasteiger partial charge in [0.25, 0.3) is 0 Å². The van der Waals surface area contributed by atoms with Crippen LogP contribution in [0.15, 0.2) is 0 Å². The van der Waals surface area contributed by atoms with Crippen molar-refractivity contribution >= 4 is 11.8 Å². The van der Waals surface area contributed by atoms with E-state index >= 15 is 0 Å². The molecule has 4 heteroatoms. The van der Waals surface area contributed by atoms with Crippen LogP contribution in [0.2, 0.25) is 0 Å². The Kier molecular flexibility index (Phi) is 4.95. The first-order valence-electron chi connectivity index (χ1n) is 8.44. The lowest BCUT2D eigenvalue weighted by Gasteiger charge is -2.43. The van der Waals surface area contributed by atoms with E-state index in [1.54, 1.807) is 0 Å². The number of hydrogen-bond acceptors (Lipinski definition) is 2. The first-order valence-corrected chi connectivity index (χ1v) is 8.44. The molecule has 0 bridgehead atoms. The van der Waals surface area contributed by atoms with Gasteiger partial charge in [-0.2, -0.15) is 0 Å². The Morgan fingerprint density at radius 1 is 1.00 bits per heavy atom. The molecule has 1 aliphatic heterocycles. The average Bonchev–Trinajstić information content (AvgIpc) is 2.58. The molecule has 0 aromatic heterocycles. The molecule has 2 amide bonds. The van der Waals surface area contributed by atoms with Crippen LogP contribution in [0, 0.1) is 17.8 Å². The molecule has 2 rings (SSSR count). The monoisotopic (exact) mass is 294 g/mol. The van der Waals surface area contributed by atoms with Crippen molar-refractivity contribution in [1.29, 1.82) is 0 Å². The lowest BCUT2D eigenvalue weighted by atomic mass is 9.79. The molecule has 1 saturated carbocycles. The molecule has 120 valence electrons. The van der Waals surface area contributed by atoms with Crippen LogP contribution in [-0.2, 0) is 9.59 Å². The van der Waals surface area contributed by atoms with E-state index in [-0.39, 0.29) is 23.3 Å². The maximum absolute atomic E-state index is 13.0. The van der Waals surface area contributed by atoms with E-state index in [1.807, 2.05) is 0 Å². The van der Waals surface area contributed by atoms with Crippen molar-refractivity contribution in [2.24, 2.45) is 23.5 Å². The molecule has 2 aliphatic rings. The fourth-order valence-electron chi connectivity index (χ4n) is 3.87. The number of rotatable bonds is 2. The zero-order valence-corrected chi connectivity index (χ0v) is 13.7. The summed E-state index contributed by atoms with van der Waals surface area (Å²) in [6.45, 7) is 7.55. The summed E-state index contributed by atoms with van der Waals surface area (Å²) in [5.74, 6) is 0.697. The van der Waals surface area contributed by atoms with E-state index in [0.717, 1.165) is 38.6 Å². The standard InChI is InChI=1S/C17H30N2O2/c1-12-6-4-5-11-19(17(12,2)3)16(21)14-9-7-13(8-10-14)15(18)20/h12-14H,4-11H2,1-3H3,(H2,18,20). The van der Waals surface area contributed by atoms with Crippen LogP contribution in [0.25, 0.3) is 0 Å². The number of amides is 2. The van der Waals surface area contributed by atoms with E-state index in [0.29, 0.717) is 11.8 Å². The molecule has 21 heavy (non-hydrogen) atoms. The van der Waals surface area contributed by atoms with Crippen LogP contribution in [0.5, 0.6) is 0 Å². The van der Waals surface area contributed by atoms with Gasteiger partial charge in [0.15, 0.2) is 0 Å². The minimum Gasteiger partial charge on any atom is -0.369 e. The molecule has 1 unspecified atom stereocenters. The van der Waals surface area contributed by atoms with Gasteiger partial charge in [0.1, 0.15) is 0 Å². The van der Waals surface area contributed by atoms with Crippen molar-refractivity contribution in [3.63, 3.8) is 0 Å². The van der Waals surface area contributed by atoms with Crippen LogP contribution in [0.3, 0.4) is 0 Å². The minimum atomic E-state index is -0.204. The Bertz CT molecular complexity index is 398. The van der Waals surface area contributed by atoms with E-state index in [1.165, 1.54) is 12.8 Å². The highest BCUT2D eigenvalue weighted by Crippen LogP contribution is 2.36. The van der Waals surface area contributed by atoms with Crippen LogP contribution >= 0.6 is 0 Å². The lowest BCUT2D eigenvalue weighted by Crippen LogP contribution is -2.53.